The lowest BCUT2D eigenvalue weighted by Crippen LogP contribution is -2.29. The lowest BCUT2D eigenvalue weighted by molar-refractivity contribution is 0.465. The van der Waals surface area contributed by atoms with E-state index in [9.17, 15) is 0 Å². The average Bonchev–Trinajstić information content (AvgIpc) is 2.40. The fraction of sp³-hybridized carbons (Fsp3) is 0.625. The van der Waals surface area contributed by atoms with Gasteiger partial charge in [-0.2, -0.15) is 0 Å². The van der Waals surface area contributed by atoms with Gasteiger partial charge in [-0.1, -0.05) is 32.0 Å². The third-order valence-electron chi connectivity index (χ3n) is 3.22. The second-order valence-corrected chi connectivity index (χ2v) is 5.95. The van der Waals surface area contributed by atoms with Crippen LogP contribution in [-0.4, -0.2) is 18.3 Å². The Bertz CT molecular complexity index is 325. The Morgan fingerprint density at radius 3 is 2.67 bits per heavy atom. The highest BCUT2D eigenvalue weighted by molar-refractivity contribution is 7.99. The molecule has 1 atom stereocenters. The molecule has 0 bridgehead atoms. The third kappa shape index (κ3) is 5.92. The Balaban J connectivity index is 2.19. The van der Waals surface area contributed by atoms with Gasteiger partial charge in [-0.3, -0.25) is 0 Å². The average molecular weight is 265 g/mol. The molecular weight excluding hydrogens is 238 g/mol. The van der Waals surface area contributed by atoms with E-state index in [0.717, 1.165) is 6.54 Å². The van der Waals surface area contributed by atoms with E-state index >= 15 is 0 Å². The number of nitrogens with one attached hydrogen (secondary N) is 1. The van der Waals surface area contributed by atoms with Crippen molar-refractivity contribution in [3.63, 3.8) is 0 Å². The zero-order chi connectivity index (χ0) is 13.2. The molecule has 0 fully saturated rings. The first kappa shape index (κ1) is 15.6. The van der Waals surface area contributed by atoms with Crippen molar-refractivity contribution in [2.24, 2.45) is 0 Å². The van der Waals surface area contributed by atoms with Crippen LogP contribution >= 0.6 is 11.8 Å². The van der Waals surface area contributed by atoms with Gasteiger partial charge in [-0.05, 0) is 56.5 Å². The molecule has 2 heteroatoms. The van der Waals surface area contributed by atoms with Gasteiger partial charge >= 0.3 is 0 Å². The number of hydrogen-bond donors (Lipinski definition) is 1. The maximum absolute atomic E-state index is 3.62. The van der Waals surface area contributed by atoms with Gasteiger partial charge in [0.1, 0.15) is 0 Å². The summed E-state index contributed by atoms with van der Waals surface area (Å²) in [5.41, 5.74) is 1.40. The largest absolute Gasteiger partial charge is 0.314 e. The maximum Gasteiger partial charge on any atom is 0.0101 e. The van der Waals surface area contributed by atoms with Gasteiger partial charge in [0.2, 0.25) is 0 Å². The molecule has 0 heterocycles. The molecular formula is C16H27NS. The van der Waals surface area contributed by atoms with Crippen molar-refractivity contribution >= 4 is 11.8 Å². The predicted octanol–water partition coefficient (Wildman–Crippen LogP) is 4.65. The minimum absolute atomic E-state index is 0.711. The highest BCUT2D eigenvalue weighted by Crippen LogP contribution is 2.23. The maximum atomic E-state index is 3.62. The summed E-state index contributed by atoms with van der Waals surface area (Å²) in [6.07, 6.45) is 5.08. The quantitative estimate of drug-likeness (QED) is 0.515. The SMILES string of the molecule is CCCNC(CC)CCCSc1ccccc1C. The van der Waals surface area contributed by atoms with Crippen LogP contribution in [0.15, 0.2) is 29.2 Å². The second kappa shape index (κ2) is 9.46. The monoisotopic (exact) mass is 265 g/mol. The van der Waals surface area contributed by atoms with E-state index in [4.69, 9.17) is 0 Å². The fourth-order valence-corrected chi connectivity index (χ4v) is 3.03. The van der Waals surface area contributed by atoms with Crippen molar-refractivity contribution in [3.05, 3.63) is 29.8 Å². The van der Waals surface area contributed by atoms with Crippen LogP contribution in [0.5, 0.6) is 0 Å². The fourth-order valence-electron chi connectivity index (χ4n) is 2.03. The van der Waals surface area contributed by atoms with E-state index in [1.54, 1.807) is 0 Å². The van der Waals surface area contributed by atoms with Crippen molar-refractivity contribution in [2.45, 2.75) is 57.4 Å². The van der Waals surface area contributed by atoms with Crippen LogP contribution < -0.4 is 5.32 Å². The van der Waals surface area contributed by atoms with Gasteiger partial charge in [-0.25, -0.2) is 0 Å². The molecule has 102 valence electrons. The van der Waals surface area contributed by atoms with Gasteiger partial charge < -0.3 is 5.32 Å². The van der Waals surface area contributed by atoms with Crippen molar-refractivity contribution in [1.82, 2.24) is 5.32 Å². The van der Waals surface area contributed by atoms with Crippen molar-refractivity contribution in [1.29, 1.82) is 0 Å². The first-order valence-corrected chi connectivity index (χ1v) is 8.18. The van der Waals surface area contributed by atoms with Crippen LogP contribution in [0.4, 0.5) is 0 Å². The molecule has 0 spiro atoms. The van der Waals surface area contributed by atoms with Crippen LogP contribution in [0.1, 0.15) is 45.1 Å². The minimum Gasteiger partial charge on any atom is -0.314 e. The summed E-state index contributed by atoms with van der Waals surface area (Å²) in [6, 6.07) is 9.38. The van der Waals surface area contributed by atoms with Crippen LogP contribution in [0.3, 0.4) is 0 Å². The standard InChI is InChI=1S/C16H27NS/c1-4-12-17-15(5-2)10-8-13-18-16-11-7-6-9-14(16)3/h6-7,9,11,15,17H,4-5,8,10,12-13H2,1-3H3. The number of aryl methyl sites for hydroxylation is 1. The van der Waals surface area contributed by atoms with E-state index in [2.05, 4.69) is 50.4 Å². The van der Waals surface area contributed by atoms with E-state index < -0.39 is 0 Å². The normalized spacial score (nSPS) is 12.6. The molecule has 0 radical (unpaired) electrons. The molecule has 0 aromatic heterocycles. The Kier molecular flexibility index (Phi) is 8.19. The number of benzene rings is 1. The van der Waals surface area contributed by atoms with Crippen LogP contribution in [0, 0.1) is 6.92 Å². The summed E-state index contributed by atoms with van der Waals surface area (Å²) < 4.78 is 0. The van der Waals surface area contributed by atoms with Crippen molar-refractivity contribution in [2.75, 3.05) is 12.3 Å². The second-order valence-electron chi connectivity index (χ2n) is 4.82. The highest BCUT2D eigenvalue weighted by atomic mass is 32.2. The zero-order valence-electron chi connectivity index (χ0n) is 12.0. The molecule has 1 rings (SSSR count). The molecule has 0 aliphatic rings. The van der Waals surface area contributed by atoms with Crippen molar-refractivity contribution < 1.29 is 0 Å². The van der Waals surface area contributed by atoms with Gasteiger partial charge in [0.25, 0.3) is 0 Å². The summed E-state index contributed by atoms with van der Waals surface area (Å²) in [4.78, 5) is 1.44. The molecule has 18 heavy (non-hydrogen) atoms. The van der Waals surface area contributed by atoms with Crippen molar-refractivity contribution in [3.8, 4) is 0 Å². The Labute approximate surface area is 117 Å². The van der Waals surface area contributed by atoms with Gasteiger partial charge in [0.15, 0.2) is 0 Å². The smallest absolute Gasteiger partial charge is 0.0101 e. The molecule has 0 aliphatic carbocycles. The minimum atomic E-state index is 0.711. The van der Waals surface area contributed by atoms with Crippen LogP contribution in [-0.2, 0) is 0 Å². The summed E-state index contributed by atoms with van der Waals surface area (Å²) in [7, 11) is 0. The lowest BCUT2D eigenvalue weighted by atomic mass is 10.1. The Hall–Kier alpha value is -0.470. The van der Waals surface area contributed by atoms with Gasteiger partial charge in [0.05, 0.1) is 0 Å². The van der Waals surface area contributed by atoms with E-state index in [1.165, 1.54) is 41.9 Å². The molecule has 1 aromatic rings. The van der Waals surface area contributed by atoms with E-state index in [0.29, 0.717) is 6.04 Å². The molecule has 1 nitrogen and oxygen atoms in total. The van der Waals surface area contributed by atoms with Gasteiger partial charge in [-0.15, -0.1) is 11.8 Å². The molecule has 0 aliphatic heterocycles. The predicted molar refractivity (Wildman–Crippen MR) is 83.5 cm³/mol. The summed E-state index contributed by atoms with van der Waals surface area (Å²) in [6.45, 7) is 7.86. The zero-order valence-corrected chi connectivity index (χ0v) is 12.9. The number of rotatable bonds is 9. The number of hydrogen-bond acceptors (Lipinski definition) is 2. The Morgan fingerprint density at radius 2 is 2.00 bits per heavy atom. The first-order valence-electron chi connectivity index (χ1n) is 7.19. The van der Waals surface area contributed by atoms with E-state index in [1.807, 2.05) is 11.8 Å². The summed E-state index contributed by atoms with van der Waals surface area (Å²) in [5.74, 6) is 1.23. The summed E-state index contributed by atoms with van der Waals surface area (Å²) in [5, 5.41) is 3.62. The lowest BCUT2D eigenvalue weighted by Gasteiger charge is -2.16. The molecule has 0 amide bonds. The molecule has 0 saturated carbocycles. The topological polar surface area (TPSA) is 12.0 Å². The van der Waals surface area contributed by atoms with E-state index in [-0.39, 0.29) is 0 Å². The summed E-state index contributed by atoms with van der Waals surface area (Å²) >= 11 is 2.00. The molecule has 1 aromatic carbocycles. The third-order valence-corrected chi connectivity index (χ3v) is 4.49. The molecule has 1 unspecified atom stereocenters. The number of thioether (sulfide) groups is 1. The van der Waals surface area contributed by atoms with Gasteiger partial charge in [0, 0.05) is 10.9 Å². The Morgan fingerprint density at radius 1 is 1.22 bits per heavy atom. The molecule has 0 saturated heterocycles. The first-order chi connectivity index (χ1) is 8.77. The van der Waals surface area contributed by atoms with Crippen LogP contribution in [0.25, 0.3) is 0 Å². The van der Waals surface area contributed by atoms with Crippen LogP contribution in [0.2, 0.25) is 0 Å². The highest BCUT2D eigenvalue weighted by Gasteiger charge is 2.04. The molecule has 1 N–H and O–H groups in total.